The Hall–Kier alpha value is -2.52. The van der Waals surface area contributed by atoms with Gasteiger partial charge in [-0.2, -0.15) is 5.26 Å². The molecule has 1 heterocycles. The number of halogens is 2. The van der Waals surface area contributed by atoms with Crippen LogP contribution in [0, 0.1) is 11.3 Å². The molecule has 0 unspecified atom stereocenters. The number of methoxy groups -OCH3 is 1. The SMILES string of the molecule is COc1ccc(N/C=C(\C#N)c2nc(-c3ccc(Cl)cc3Cl)cs2)cc1. The summed E-state index contributed by atoms with van der Waals surface area (Å²) in [5.41, 5.74) is 2.76. The molecule has 7 heteroatoms. The average Bonchev–Trinajstić information content (AvgIpc) is 3.12. The fourth-order valence-electron chi connectivity index (χ4n) is 2.20. The van der Waals surface area contributed by atoms with Gasteiger partial charge in [0.25, 0.3) is 0 Å². The number of anilines is 1. The molecule has 1 aromatic heterocycles. The zero-order valence-corrected chi connectivity index (χ0v) is 16.0. The van der Waals surface area contributed by atoms with E-state index >= 15 is 0 Å². The summed E-state index contributed by atoms with van der Waals surface area (Å²) in [5.74, 6) is 0.768. The van der Waals surface area contributed by atoms with Gasteiger partial charge in [-0.1, -0.05) is 23.2 Å². The van der Waals surface area contributed by atoms with Crippen LogP contribution in [0.15, 0.2) is 54.0 Å². The van der Waals surface area contributed by atoms with Gasteiger partial charge in [-0.15, -0.1) is 11.3 Å². The molecule has 2 aromatic carbocycles. The number of hydrogen-bond acceptors (Lipinski definition) is 5. The standard InChI is InChI=1S/C19H13Cl2N3OS/c1-25-15-5-3-14(4-6-15)23-10-12(9-22)19-24-18(11-26-19)16-7-2-13(20)8-17(16)21/h2-8,10-11,23H,1H3/b12-10+. The van der Waals surface area contributed by atoms with Gasteiger partial charge in [0.1, 0.15) is 22.4 Å². The first-order valence-electron chi connectivity index (χ1n) is 7.53. The summed E-state index contributed by atoms with van der Waals surface area (Å²) in [5, 5.41) is 16.1. The largest absolute Gasteiger partial charge is 0.497 e. The smallest absolute Gasteiger partial charge is 0.136 e. The summed E-state index contributed by atoms with van der Waals surface area (Å²) in [4.78, 5) is 4.52. The highest BCUT2D eigenvalue weighted by Gasteiger charge is 2.11. The summed E-state index contributed by atoms with van der Waals surface area (Å²) < 4.78 is 5.12. The molecule has 3 rings (SSSR count). The number of thiazole rings is 1. The maximum absolute atomic E-state index is 9.46. The van der Waals surface area contributed by atoms with Crippen LogP contribution in [0.4, 0.5) is 5.69 Å². The number of nitrogens with zero attached hydrogens (tertiary/aromatic N) is 2. The Morgan fingerprint density at radius 1 is 1.23 bits per heavy atom. The van der Waals surface area contributed by atoms with Crippen molar-refractivity contribution in [1.82, 2.24) is 4.98 Å². The first-order chi connectivity index (χ1) is 12.6. The number of aromatic nitrogens is 1. The van der Waals surface area contributed by atoms with Gasteiger partial charge in [0.15, 0.2) is 0 Å². The van der Waals surface area contributed by atoms with Gasteiger partial charge >= 0.3 is 0 Å². The molecule has 0 fully saturated rings. The summed E-state index contributed by atoms with van der Waals surface area (Å²) in [6.07, 6.45) is 1.63. The first-order valence-corrected chi connectivity index (χ1v) is 9.16. The van der Waals surface area contributed by atoms with E-state index in [4.69, 9.17) is 27.9 Å². The predicted octanol–water partition coefficient (Wildman–Crippen LogP) is 6.10. The number of hydrogen-bond donors (Lipinski definition) is 1. The van der Waals surface area contributed by atoms with E-state index in [1.165, 1.54) is 11.3 Å². The first kappa shape index (κ1) is 18.3. The van der Waals surface area contributed by atoms with Gasteiger partial charge in [0.05, 0.1) is 17.8 Å². The van der Waals surface area contributed by atoms with E-state index in [2.05, 4.69) is 16.4 Å². The molecule has 0 aliphatic rings. The van der Waals surface area contributed by atoms with Crippen LogP contribution in [0.25, 0.3) is 16.8 Å². The van der Waals surface area contributed by atoms with E-state index in [-0.39, 0.29) is 0 Å². The second kappa shape index (κ2) is 8.24. The van der Waals surface area contributed by atoms with Gasteiger partial charge < -0.3 is 10.1 Å². The maximum atomic E-state index is 9.46. The summed E-state index contributed by atoms with van der Waals surface area (Å²) in [6.45, 7) is 0. The van der Waals surface area contributed by atoms with Crippen molar-refractivity contribution in [1.29, 1.82) is 5.26 Å². The molecule has 0 amide bonds. The van der Waals surface area contributed by atoms with Gasteiger partial charge in [0.2, 0.25) is 0 Å². The van der Waals surface area contributed by atoms with Crippen molar-refractivity contribution in [2.24, 2.45) is 0 Å². The fourth-order valence-corrected chi connectivity index (χ4v) is 3.49. The van der Waals surface area contributed by atoms with Crippen molar-refractivity contribution in [3.05, 3.63) is 69.1 Å². The molecule has 0 aliphatic heterocycles. The number of ether oxygens (including phenoxy) is 1. The van der Waals surface area contributed by atoms with E-state index in [9.17, 15) is 5.26 Å². The number of allylic oxidation sites excluding steroid dienone is 1. The minimum atomic E-state index is 0.433. The maximum Gasteiger partial charge on any atom is 0.136 e. The quantitative estimate of drug-likeness (QED) is 0.524. The number of nitrogens with one attached hydrogen (secondary N) is 1. The van der Waals surface area contributed by atoms with E-state index in [0.29, 0.717) is 26.3 Å². The van der Waals surface area contributed by atoms with Crippen LogP contribution in [-0.2, 0) is 0 Å². The van der Waals surface area contributed by atoms with Crippen molar-refractivity contribution < 1.29 is 4.74 Å². The normalized spacial score (nSPS) is 11.1. The van der Waals surface area contributed by atoms with Crippen molar-refractivity contribution in [3.63, 3.8) is 0 Å². The van der Waals surface area contributed by atoms with Crippen LogP contribution in [0.3, 0.4) is 0 Å². The molecule has 130 valence electrons. The third-order valence-electron chi connectivity index (χ3n) is 3.54. The molecule has 4 nitrogen and oxygen atoms in total. The second-order valence-corrected chi connectivity index (χ2v) is 6.91. The highest BCUT2D eigenvalue weighted by molar-refractivity contribution is 7.11. The van der Waals surface area contributed by atoms with Crippen LogP contribution in [0.5, 0.6) is 5.75 Å². The van der Waals surface area contributed by atoms with Crippen molar-refractivity contribution in [2.75, 3.05) is 12.4 Å². The van der Waals surface area contributed by atoms with Crippen molar-refractivity contribution >= 4 is 45.8 Å². The van der Waals surface area contributed by atoms with Gasteiger partial charge in [-0.25, -0.2) is 4.98 Å². The Balaban J connectivity index is 1.82. The molecule has 0 radical (unpaired) electrons. The molecule has 3 aromatic rings. The third-order valence-corrected chi connectivity index (χ3v) is 4.96. The molecule has 0 bridgehead atoms. The van der Waals surface area contributed by atoms with Crippen LogP contribution < -0.4 is 10.1 Å². The van der Waals surface area contributed by atoms with Crippen LogP contribution in [0.1, 0.15) is 5.01 Å². The Morgan fingerprint density at radius 2 is 2.00 bits per heavy atom. The Bertz CT molecular complexity index is 991. The summed E-state index contributed by atoms with van der Waals surface area (Å²) >= 11 is 13.5. The fraction of sp³-hybridized carbons (Fsp3) is 0.0526. The van der Waals surface area contributed by atoms with Crippen LogP contribution in [-0.4, -0.2) is 12.1 Å². The lowest BCUT2D eigenvalue weighted by Crippen LogP contribution is -1.91. The lowest BCUT2D eigenvalue weighted by atomic mass is 10.2. The Labute approximate surface area is 165 Å². The van der Waals surface area contributed by atoms with Gasteiger partial charge in [-0.05, 0) is 42.5 Å². The molecule has 0 atom stereocenters. The molecule has 0 saturated heterocycles. The molecule has 1 N–H and O–H groups in total. The lowest BCUT2D eigenvalue weighted by Gasteiger charge is -2.03. The molecule has 0 spiro atoms. The number of nitriles is 1. The highest BCUT2D eigenvalue weighted by atomic mass is 35.5. The van der Waals surface area contributed by atoms with Crippen LogP contribution >= 0.6 is 34.5 Å². The Morgan fingerprint density at radius 3 is 2.65 bits per heavy atom. The third kappa shape index (κ3) is 4.17. The van der Waals surface area contributed by atoms with E-state index < -0.39 is 0 Å². The highest BCUT2D eigenvalue weighted by Crippen LogP contribution is 2.32. The molecule has 0 aliphatic carbocycles. The summed E-state index contributed by atoms with van der Waals surface area (Å²) in [7, 11) is 1.61. The summed E-state index contributed by atoms with van der Waals surface area (Å²) in [6, 6.07) is 14.8. The monoisotopic (exact) mass is 401 g/mol. The second-order valence-electron chi connectivity index (χ2n) is 5.20. The minimum Gasteiger partial charge on any atom is -0.497 e. The van der Waals surface area contributed by atoms with Gasteiger partial charge in [0, 0.05) is 27.9 Å². The number of benzene rings is 2. The van der Waals surface area contributed by atoms with E-state index in [1.54, 1.807) is 25.4 Å². The zero-order valence-electron chi connectivity index (χ0n) is 13.7. The Kier molecular flexibility index (Phi) is 5.79. The lowest BCUT2D eigenvalue weighted by molar-refractivity contribution is 0.415. The van der Waals surface area contributed by atoms with Gasteiger partial charge in [-0.3, -0.25) is 0 Å². The molecule has 26 heavy (non-hydrogen) atoms. The zero-order chi connectivity index (χ0) is 18.5. The van der Waals surface area contributed by atoms with Crippen LogP contribution in [0.2, 0.25) is 10.0 Å². The molecule has 0 saturated carbocycles. The minimum absolute atomic E-state index is 0.433. The van der Waals surface area contributed by atoms with Crippen molar-refractivity contribution in [3.8, 4) is 23.1 Å². The van der Waals surface area contributed by atoms with Crippen molar-refractivity contribution in [2.45, 2.75) is 0 Å². The number of rotatable bonds is 5. The topological polar surface area (TPSA) is 57.9 Å². The van der Waals surface area contributed by atoms with E-state index in [0.717, 1.165) is 17.0 Å². The molecular formula is C19H13Cl2N3OS. The molecular weight excluding hydrogens is 389 g/mol. The predicted molar refractivity (Wildman–Crippen MR) is 108 cm³/mol. The van der Waals surface area contributed by atoms with E-state index in [1.807, 2.05) is 35.7 Å². The average molecular weight is 402 g/mol.